The lowest BCUT2D eigenvalue weighted by Crippen LogP contribution is -2.14. The Balaban J connectivity index is 1.86. The summed E-state index contributed by atoms with van der Waals surface area (Å²) in [5, 5.41) is 13.3. The highest BCUT2D eigenvalue weighted by Crippen LogP contribution is 2.26. The standard InChI is InChI=1S/C10H11F3N6/c11-10(12,13)8-1-2-9(18-17-8)15-3-4-19-6-7(14)5-16-19/h1-2,5-6H,3-4,14H2,(H,15,18). The van der Waals surface area contributed by atoms with Crippen molar-refractivity contribution in [1.82, 2.24) is 20.0 Å². The number of aromatic nitrogens is 4. The first-order chi connectivity index (χ1) is 8.95. The van der Waals surface area contributed by atoms with Gasteiger partial charge in [-0.1, -0.05) is 0 Å². The van der Waals surface area contributed by atoms with Crippen molar-refractivity contribution in [2.24, 2.45) is 0 Å². The molecule has 0 aliphatic carbocycles. The first-order valence-electron chi connectivity index (χ1n) is 5.38. The molecule has 2 rings (SSSR count). The molecule has 0 aromatic carbocycles. The Morgan fingerprint density at radius 3 is 2.58 bits per heavy atom. The number of halogens is 3. The second-order valence-electron chi connectivity index (χ2n) is 3.77. The molecule has 102 valence electrons. The van der Waals surface area contributed by atoms with Gasteiger partial charge in [0.05, 0.1) is 18.4 Å². The molecule has 2 aromatic rings. The summed E-state index contributed by atoms with van der Waals surface area (Å²) in [5.74, 6) is 0.271. The third kappa shape index (κ3) is 3.57. The highest BCUT2D eigenvalue weighted by atomic mass is 19.4. The van der Waals surface area contributed by atoms with E-state index < -0.39 is 11.9 Å². The average molecular weight is 272 g/mol. The predicted molar refractivity (Wildman–Crippen MR) is 62.2 cm³/mol. The molecule has 6 nitrogen and oxygen atoms in total. The van der Waals surface area contributed by atoms with Gasteiger partial charge >= 0.3 is 6.18 Å². The van der Waals surface area contributed by atoms with Gasteiger partial charge in [-0.3, -0.25) is 4.68 Å². The summed E-state index contributed by atoms with van der Waals surface area (Å²) in [4.78, 5) is 0. The van der Waals surface area contributed by atoms with Crippen LogP contribution in [0.5, 0.6) is 0 Å². The Labute approximate surface area is 106 Å². The molecule has 0 unspecified atom stereocenters. The van der Waals surface area contributed by atoms with E-state index in [9.17, 15) is 13.2 Å². The van der Waals surface area contributed by atoms with Gasteiger partial charge in [-0.25, -0.2) is 0 Å². The highest BCUT2D eigenvalue weighted by Gasteiger charge is 2.32. The van der Waals surface area contributed by atoms with Gasteiger partial charge in [-0.2, -0.15) is 18.3 Å². The minimum atomic E-state index is -4.47. The molecule has 9 heteroatoms. The molecule has 0 fully saturated rings. The van der Waals surface area contributed by atoms with Crippen LogP contribution in [-0.2, 0) is 12.7 Å². The number of alkyl halides is 3. The first kappa shape index (κ1) is 13.1. The second-order valence-corrected chi connectivity index (χ2v) is 3.77. The van der Waals surface area contributed by atoms with E-state index in [-0.39, 0.29) is 5.82 Å². The number of hydrogen-bond acceptors (Lipinski definition) is 5. The van der Waals surface area contributed by atoms with Crippen molar-refractivity contribution >= 4 is 11.5 Å². The molecular formula is C10H11F3N6. The lowest BCUT2D eigenvalue weighted by molar-refractivity contribution is -0.141. The van der Waals surface area contributed by atoms with Gasteiger partial charge in [0.25, 0.3) is 0 Å². The van der Waals surface area contributed by atoms with Crippen molar-refractivity contribution in [3.63, 3.8) is 0 Å². The van der Waals surface area contributed by atoms with Gasteiger partial charge in [0.1, 0.15) is 5.82 Å². The van der Waals surface area contributed by atoms with Crippen molar-refractivity contribution in [1.29, 1.82) is 0 Å². The summed E-state index contributed by atoms with van der Waals surface area (Å²) in [5.41, 5.74) is 5.02. The maximum absolute atomic E-state index is 12.2. The number of nitrogens with two attached hydrogens (primary N) is 1. The molecule has 0 spiro atoms. The summed E-state index contributed by atoms with van der Waals surface area (Å²) in [6, 6.07) is 2.11. The first-order valence-corrected chi connectivity index (χ1v) is 5.38. The van der Waals surface area contributed by atoms with E-state index in [4.69, 9.17) is 5.73 Å². The van der Waals surface area contributed by atoms with Crippen molar-refractivity contribution in [2.45, 2.75) is 12.7 Å². The van der Waals surface area contributed by atoms with Crippen LogP contribution in [0.4, 0.5) is 24.7 Å². The summed E-state index contributed by atoms with van der Waals surface area (Å²) < 4.78 is 38.4. The molecule has 0 saturated heterocycles. The minimum absolute atomic E-state index is 0.271. The third-order valence-electron chi connectivity index (χ3n) is 2.26. The number of nitrogens with zero attached hydrogens (tertiary/aromatic N) is 4. The number of rotatable bonds is 4. The van der Waals surface area contributed by atoms with E-state index in [1.165, 1.54) is 12.3 Å². The fraction of sp³-hybridized carbons (Fsp3) is 0.300. The van der Waals surface area contributed by atoms with Crippen molar-refractivity contribution < 1.29 is 13.2 Å². The SMILES string of the molecule is Nc1cnn(CCNc2ccc(C(F)(F)F)nn2)c1. The zero-order valence-corrected chi connectivity index (χ0v) is 9.72. The van der Waals surface area contributed by atoms with E-state index >= 15 is 0 Å². The molecule has 0 aliphatic rings. The molecule has 0 atom stereocenters. The Bertz CT molecular complexity index is 533. The van der Waals surface area contributed by atoms with Gasteiger partial charge in [0, 0.05) is 12.7 Å². The van der Waals surface area contributed by atoms with Crippen LogP contribution in [0.3, 0.4) is 0 Å². The molecule has 2 aromatic heterocycles. The van der Waals surface area contributed by atoms with Gasteiger partial charge in [0.15, 0.2) is 5.69 Å². The van der Waals surface area contributed by atoms with Crippen LogP contribution in [0.2, 0.25) is 0 Å². The Kier molecular flexibility index (Phi) is 3.54. The molecule has 0 bridgehead atoms. The second kappa shape index (κ2) is 5.12. The van der Waals surface area contributed by atoms with Gasteiger partial charge in [-0.15, -0.1) is 10.2 Å². The fourth-order valence-electron chi connectivity index (χ4n) is 1.38. The van der Waals surface area contributed by atoms with Crippen LogP contribution in [0.1, 0.15) is 5.69 Å². The zero-order chi connectivity index (χ0) is 13.9. The van der Waals surface area contributed by atoms with Gasteiger partial charge < -0.3 is 11.1 Å². The van der Waals surface area contributed by atoms with Gasteiger partial charge in [-0.05, 0) is 12.1 Å². The highest BCUT2D eigenvalue weighted by molar-refractivity contribution is 5.33. The molecular weight excluding hydrogens is 261 g/mol. The molecule has 19 heavy (non-hydrogen) atoms. The lowest BCUT2D eigenvalue weighted by atomic mass is 10.4. The summed E-state index contributed by atoms with van der Waals surface area (Å²) in [6.45, 7) is 0.959. The van der Waals surface area contributed by atoms with Crippen LogP contribution in [0.15, 0.2) is 24.5 Å². The monoisotopic (exact) mass is 272 g/mol. The van der Waals surface area contributed by atoms with Crippen molar-refractivity contribution in [3.05, 3.63) is 30.2 Å². The van der Waals surface area contributed by atoms with Crippen LogP contribution in [0.25, 0.3) is 0 Å². The summed E-state index contributed by atoms with van der Waals surface area (Å²) in [7, 11) is 0. The molecule has 0 radical (unpaired) electrons. The smallest absolute Gasteiger partial charge is 0.396 e. The Morgan fingerprint density at radius 1 is 1.26 bits per heavy atom. The van der Waals surface area contributed by atoms with Crippen LogP contribution < -0.4 is 11.1 Å². The van der Waals surface area contributed by atoms with E-state index in [1.54, 1.807) is 10.9 Å². The molecule has 0 aliphatic heterocycles. The van der Waals surface area contributed by atoms with Gasteiger partial charge in [0.2, 0.25) is 0 Å². The molecule has 2 heterocycles. The van der Waals surface area contributed by atoms with Crippen molar-refractivity contribution in [3.8, 4) is 0 Å². The Hall–Kier alpha value is -2.32. The summed E-state index contributed by atoms with van der Waals surface area (Å²) in [6.07, 6.45) is -1.31. The molecule has 0 saturated carbocycles. The Morgan fingerprint density at radius 2 is 2.05 bits per heavy atom. The zero-order valence-electron chi connectivity index (χ0n) is 9.72. The minimum Gasteiger partial charge on any atom is -0.396 e. The van der Waals surface area contributed by atoms with Crippen LogP contribution >= 0.6 is 0 Å². The normalized spacial score (nSPS) is 11.5. The lowest BCUT2D eigenvalue weighted by Gasteiger charge is -2.07. The van der Waals surface area contributed by atoms with E-state index in [1.807, 2.05) is 0 Å². The topological polar surface area (TPSA) is 81.6 Å². The summed E-state index contributed by atoms with van der Waals surface area (Å²) >= 11 is 0. The quantitative estimate of drug-likeness (QED) is 0.878. The van der Waals surface area contributed by atoms with Crippen LogP contribution in [-0.4, -0.2) is 26.5 Å². The van der Waals surface area contributed by atoms with E-state index in [0.717, 1.165) is 6.07 Å². The van der Waals surface area contributed by atoms with E-state index in [2.05, 4.69) is 20.6 Å². The number of anilines is 2. The average Bonchev–Trinajstić information content (AvgIpc) is 2.75. The number of hydrogen-bond donors (Lipinski definition) is 2. The molecule has 0 amide bonds. The fourth-order valence-corrected chi connectivity index (χ4v) is 1.38. The van der Waals surface area contributed by atoms with E-state index in [0.29, 0.717) is 18.8 Å². The number of nitrogens with one attached hydrogen (secondary N) is 1. The number of nitrogen functional groups attached to an aromatic ring is 1. The maximum atomic E-state index is 12.2. The van der Waals surface area contributed by atoms with Crippen molar-refractivity contribution in [2.75, 3.05) is 17.6 Å². The maximum Gasteiger partial charge on any atom is 0.435 e. The third-order valence-corrected chi connectivity index (χ3v) is 2.26. The predicted octanol–water partition coefficient (Wildman–Crippen LogP) is 1.39. The molecule has 3 N–H and O–H groups in total. The van der Waals surface area contributed by atoms with Crippen LogP contribution in [0, 0.1) is 0 Å². The largest absolute Gasteiger partial charge is 0.435 e.